The number of rotatable bonds is 4. The third-order valence-corrected chi connectivity index (χ3v) is 3.43. The van der Waals surface area contributed by atoms with Gasteiger partial charge in [-0.2, -0.15) is 4.98 Å². The van der Waals surface area contributed by atoms with Crippen molar-refractivity contribution in [3.8, 4) is 11.5 Å². The van der Waals surface area contributed by atoms with Gasteiger partial charge in [0.2, 0.25) is 0 Å². The Morgan fingerprint density at radius 1 is 1.15 bits per heavy atom. The van der Waals surface area contributed by atoms with Crippen LogP contribution in [-0.4, -0.2) is 16.2 Å². The van der Waals surface area contributed by atoms with Gasteiger partial charge in [0.05, 0.1) is 0 Å². The van der Waals surface area contributed by atoms with Crippen molar-refractivity contribution in [1.82, 2.24) is 10.1 Å². The van der Waals surface area contributed by atoms with Crippen molar-refractivity contribution >= 4 is 10.8 Å². The number of fused-ring (bicyclic) bond motifs is 1. The highest BCUT2D eigenvalue weighted by Gasteiger charge is 2.11. The Bertz CT molecular complexity index is 720. The van der Waals surface area contributed by atoms with Crippen LogP contribution in [-0.2, 0) is 6.42 Å². The van der Waals surface area contributed by atoms with Gasteiger partial charge in [-0.1, -0.05) is 42.4 Å². The van der Waals surface area contributed by atoms with Crippen LogP contribution in [0.5, 0.6) is 0 Å². The quantitative estimate of drug-likeness (QED) is 0.788. The van der Waals surface area contributed by atoms with Gasteiger partial charge in [0.25, 0.3) is 5.89 Å². The standard InChI is InChI=1S/C16H17N3O/c1-2-14(17)10-15-18-16(20-19-15)13-8-7-11-5-3-4-6-12(11)9-13/h3-9,14H,2,10,17H2,1H3. The summed E-state index contributed by atoms with van der Waals surface area (Å²) in [7, 11) is 0. The number of nitrogens with zero attached hydrogens (tertiary/aromatic N) is 2. The van der Waals surface area contributed by atoms with E-state index in [4.69, 9.17) is 10.3 Å². The largest absolute Gasteiger partial charge is 0.334 e. The predicted octanol–water partition coefficient (Wildman–Crippen LogP) is 3.17. The molecule has 2 aromatic carbocycles. The zero-order valence-electron chi connectivity index (χ0n) is 11.4. The minimum Gasteiger partial charge on any atom is -0.334 e. The zero-order valence-corrected chi connectivity index (χ0v) is 11.4. The molecule has 0 aliphatic carbocycles. The van der Waals surface area contributed by atoms with E-state index in [1.807, 2.05) is 18.2 Å². The third-order valence-electron chi connectivity index (χ3n) is 3.43. The molecule has 0 fully saturated rings. The van der Waals surface area contributed by atoms with Crippen LogP contribution in [0.25, 0.3) is 22.2 Å². The Balaban J connectivity index is 1.91. The van der Waals surface area contributed by atoms with Gasteiger partial charge in [-0.25, -0.2) is 0 Å². The van der Waals surface area contributed by atoms with Crippen LogP contribution < -0.4 is 5.73 Å². The molecule has 4 heteroatoms. The molecule has 1 aromatic heterocycles. The van der Waals surface area contributed by atoms with E-state index in [0.29, 0.717) is 18.1 Å². The maximum Gasteiger partial charge on any atom is 0.257 e. The molecular weight excluding hydrogens is 250 g/mol. The fourth-order valence-electron chi connectivity index (χ4n) is 2.16. The first-order chi connectivity index (χ1) is 9.76. The minimum absolute atomic E-state index is 0.0806. The lowest BCUT2D eigenvalue weighted by Crippen LogP contribution is -2.21. The number of aromatic nitrogens is 2. The average molecular weight is 267 g/mol. The zero-order chi connectivity index (χ0) is 13.9. The molecule has 1 atom stereocenters. The van der Waals surface area contributed by atoms with Crippen LogP contribution in [0, 0.1) is 0 Å². The molecule has 102 valence electrons. The summed E-state index contributed by atoms with van der Waals surface area (Å²) >= 11 is 0. The first-order valence-corrected chi connectivity index (χ1v) is 6.83. The Kier molecular flexibility index (Phi) is 3.48. The Labute approximate surface area is 117 Å². The molecule has 0 amide bonds. The van der Waals surface area contributed by atoms with Gasteiger partial charge in [-0.05, 0) is 29.3 Å². The second-order valence-corrected chi connectivity index (χ2v) is 4.95. The van der Waals surface area contributed by atoms with E-state index in [-0.39, 0.29) is 6.04 Å². The predicted molar refractivity (Wildman–Crippen MR) is 79.2 cm³/mol. The summed E-state index contributed by atoms with van der Waals surface area (Å²) in [5.41, 5.74) is 6.84. The fraction of sp³-hybridized carbons (Fsp3) is 0.250. The van der Waals surface area contributed by atoms with Gasteiger partial charge < -0.3 is 10.3 Å². The van der Waals surface area contributed by atoms with Crippen LogP contribution in [0.4, 0.5) is 0 Å². The highest BCUT2D eigenvalue weighted by Crippen LogP contribution is 2.23. The molecule has 0 aliphatic rings. The van der Waals surface area contributed by atoms with E-state index in [9.17, 15) is 0 Å². The van der Waals surface area contributed by atoms with E-state index in [1.165, 1.54) is 5.39 Å². The Morgan fingerprint density at radius 2 is 1.95 bits per heavy atom. The van der Waals surface area contributed by atoms with Crippen molar-refractivity contribution in [3.05, 3.63) is 48.3 Å². The highest BCUT2D eigenvalue weighted by atomic mass is 16.5. The molecule has 0 aliphatic heterocycles. The van der Waals surface area contributed by atoms with Crippen molar-refractivity contribution in [2.24, 2.45) is 5.73 Å². The van der Waals surface area contributed by atoms with Gasteiger partial charge in [0, 0.05) is 18.0 Å². The van der Waals surface area contributed by atoms with Crippen molar-refractivity contribution in [3.63, 3.8) is 0 Å². The molecule has 0 radical (unpaired) electrons. The molecule has 1 unspecified atom stereocenters. The summed E-state index contributed by atoms with van der Waals surface area (Å²) < 4.78 is 5.33. The molecule has 0 saturated carbocycles. The minimum atomic E-state index is 0.0806. The maximum atomic E-state index is 5.91. The molecule has 3 rings (SSSR count). The lowest BCUT2D eigenvalue weighted by Gasteiger charge is -2.02. The summed E-state index contributed by atoms with van der Waals surface area (Å²) in [5, 5.41) is 6.35. The normalized spacial score (nSPS) is 12.7. The van der Waals surface area contributed by atoms with Crippen molar-refractivity contribution < 1.29 is 4.52 Å². The smallest absolute Gasteiger partial charge is 0.257 e. The summed E-state index contributed by atoms with van der Waals surface area (Å²) in [4.78, 5) is 4.42. The van der Waals surface area contributed by atoms with Gasteiger partial charge in [-0.15, -0.1) is 0 Å². The molecule has 20 heavy (non-hydrogen) atoms. The summed E-state index contributed by atoms with van der Waals surface area (Å²) in [6, 6.07) is 14.4. The van der Waals surface area contributed by atoms with E-state index in [0.717, 1.165) is 17.4 Å². The van der Waals surface area contributed by atoms with Crippen molar-refractivity contribution in [2.45, 2.75) is 25.8 Å². The van der Waals surface area contributed by atoms with Gasteiger partial charge in [0.1, 0.15) is 0 Å². The van der Waals surface area contributed by atoms with Crippen LogP contribution >= 0.6 is 0 Å². The van der Waals surface area contributed by atoms with Crippen LogP contribution in [0.2, 0.25) is 0 Å². The lowest BCUT2D eigenvalue weighted by molar-refractivity contribution is 0.419. The molecule has 0 saturated heterocycles. The molecule has 1 heterocycles. The number of hydrogen-bond acceptors (Lipinski definition) is 4. The molecule has 0 spiro atoms. The first kappa shape index (κ1) is 12.8. The highest BCUT2D eigenvalue weighted by molar-refractivity contribution is 5.86. The lowest BCUT2D eigenvalue weighted by atomic mass is 10.1. The fourth-order valence-corrected chi connectivity index (χ4v) is 2.16. The first-order valence-electron chi connectivity index (χ1n) is 6.83. The van der Waals surface area contributed by atoms with E-state index < -0.39 is 0 Å². The second-order valence-electron chi connectivity index (χ2n) is 4.95. The van der Waals surface area contributed by atoms with E-state index in [2.05, 4.69) is 41.3 Å². The topological polar surface area (TPSA) is 64.9 Å². The monoisotopic (exact) mass is 267 g/mol. The maximum absolute atomic E-state index is 5.91. The van der Waals surface area contributed by atoms with Crippen LogP contribution in [0.3, 0.4) is 0 Å². The van der Waals surface area contributed by atoms with Gasteiger partial charge in [0.15, 0.2) is 5.82 Å². The molecule has 2 N–H and O–H groups in total. The number of hydrogen-bond donors (Lipinski definition) is 1. The molecule has 0 bridgehead atoms. The summed E-state index contributed by atoms with van der Waals surface area (Å²) in [6.45, 7) is 2.05. The number of nitrogens with two attached hydrogens (primary N) is 1. The van der Waals surface area contributed by atoms with Gasteiger partial charge >= 0.3 is 0 Å². The van der Waals surface area contributed by atoms with Gasteiger partial charge in [-0.3, -0.25) is 0 Å². The van der Waals surface area contributed by atoms with Crippen LogP contribution in [0.1, 0.15) is 19.2 Å². The van der Waals surface area contributed by atoms with Crippen molar-refractivity contribution in [1.29, 1.82) is 0 Å². The van der Waals surface area contributed by atoms with E-state index in [1.54, 1.807) is 0 Å². The number of benzene rings is 2. The van der Waals surface area contributed by atoms with Crippen molar-refractivity contribution in [2.75, 3.05) is 0 Å². The van der Waals surface area contributed by atoms with E-state index >= 15 is 0 Å². The SMILES string of the molecule is CCC(N)Cc1noc(-c2ccc3ccccc3c2)n1. The Morgan fingerprint density at radius 3 is 2.75 bits per heavy atom. The third kappa shape index (κ3) is 2.56. The molecule has 3 aromatic rings. The Hall–Kier alpha value is -2.20. The molecule has 4 nitrogen and oxygen atoms in total. The summed E-state index contributed by atoms with van der Waals surface area (Å²) in [5.74, 6) is 1.22. The van der Waals surface area contributed by atoms with Crippen LogP contribution in [0.15, 0.2) is 47.0 Å². The summed E-state index contributed by atoms with van der Waals surface area (Å²) in [6.07, 6.45) is 1.55. The molecular formula is C16H17N3O. The second kappa shape index (κ2) is 5.43. The average Bonchev–Trinajstić information content (AvgIpc) is 2.95.